The number of amides is 1. The molecule has 0 spiro atoms. The van der Waals surface area contributed by atoms with Gasteiger partial charge in [0, 0.05) is 19.6 Å². The van der Waals surface area contributed by atoms with Gasteiger partial charge in [0.2, 0.25) is 0 Å². The number of rotatable bonds is 8. The second-order valence-electron chi connectivity index (χ2n) is 5.07. The molecule has 18 heavy (non-hydrogen) atoms. The molecule has 0 saturated carbocycles. The molecule has 0 aromatic rings. The van der Waals surface area contributed by atoms with Gasteiger partial charge in [-0.15, -0.1) is 0 Å². The van der Waals surface area contributed by atoms with E-state index in [4.69, 9.17) is 14.6 Å². The Morgan fingerprint density at radius 1 is 1.28 bits per heavy atom. The number of nitrogens with one attached hydrogen (secondary N) is 1. The first kappa shape index (κ1) is 17.2. The number of nitrogens with zero attached hydrogens (tertiary/aromatic N) is 1. The van der Waals surface area contributed by atoms with E-state index in [9.17, 15) is 4.79 Å². The van der Waals surface area contributed by atoms with Crippen molar-refractivity contribution in [1.82, 2.24) is 10.2 Å². The van der Waals surface area contributed by atoms with Crippen molar-refractivity contribution < 1.29 is 19.4 Å². The Bertz CT molecular complexity index is 229. The van der Waals surface area contributed by atoms with Gasteiger partial charge in [-0.1, -0.05) is 0 Å². The second-order valence-corrected chi connectivity index (χ2v) is 5.07. The summed E-state index contributed by atoms with van der Waals surface area (Å²) in [7, 11) is 1.94. The van der Waals surface area contributed by atoms with E-state index in [0.717, 1.165) is 13.1 Å². The van der Waals surface area contributed by atoms with E-state index in [1.54, 1.807) is 0 Å². The molecule has 108 valence electrons. The molecule has 0 unspecified atom stereocenters. The number of hydrogen-bond donors (Lipinski definition) is 2. The van der Waals surface area contributed by atoms with E-state index in [2.05, 4.69) is 5.32 Å². The first-order chi connectivity index (χ1) is 8.35. The molecule has 0 aromatic heterocycles. The Labute approximate surface area is 109 Å². The SMILES string of the molecule is CN(CCNC(=O)OC(C)(C)C)CCOCCO. The maximum Gasteiger partial charge on any atom is 0.407 e. The summed E-state index contributed by atoms with van der Waals surface area (Å²) in [4.78, 5) is 13.4. The lowest BCUT2D eigenvalue weighted by molar-refractivity contribution is 0.0517. The standard InChI is InChI=1S/C12H26N2O4/c1-12(2,3)18-11(16)13-5-6-14(4)7-9-17-10-8-15/h15H,5-10H2,1-4H3,(H,13,16). The third-order valence-electron chi connectivity index (χ3n) is 2.01. The van der Waals surface area contributed by atoms with Gasteiger partial charge < -0.3 is 24.8 Å². The van der Waals surface area contributed by atoms with E-state index in [1.807, 2.05) is 32.7 Å². The predicted octanol–water partition coefficient (Wildman–Crippen LogP) is 0.452. The molecule has 0 aliphatic rings. The highest BCUT2D eigenvalue weighted by Gasteiger charge is 2.15. The van der Waals surface area contributed by atoms with Crippen LogP contribution in [-0.2, 0) is 9.47 Å². The average Bonchev–Trinajstić information content (AvgIpc) is 2.22. The van der Waals surface area contributed by atoms with Crippen LogP contribution >= 0.6 is 0 Å². The van der Waals surface area contributed by atoms with Gasteiger partial charge in [0.05, 0.1) is 19.8 Å². The van der Waals surface area contributed by atoms with Gasteiger partial charge >= 0.3 is 6.09 Å². The highest BCUT2D eigenvalue weighted by molar-refractivity contribution is 5.67. The Morgan fingerprint density at radius 2 is 1.94 bits per heavy atom. The first-order valence-corrected chi connectivity index (χ1v) is 6.19. The van der Waals surface area contributed by atoms with Crippen LogP contribution in [0.2, 0.25) is 0 Å². The van der Waals surface area contributed by atoms with Crippen LogP contribution in [0.25, 0.3) is 0 Å². The summed E-state index contributed by atoms with van der Waals surface area (Å²) in [6.07, 6.45) is -0.396. The predicted molar refractivity (Wildman–Crippen MR) is 69.6 cm³/mol. The van der Waals surface area contributed by atoms with Crippen molar-refractivity contribution in [3.05, 3.63) is 0 Å². The number of carbonyl (C=O) groups excluding carboxylic acids is 1. The molecule has 0 radical (unpaired) electrons. The van der Waals surface area contributed by atoms with Gasteiger partial charge in [0.25, 0.3) is 0 Å². The van der Waals surface area contributed by atoms with Crippen LogP contribution in [0, 0.1) is 0 Å². The molecule has 2 N–H and O–H groups in total. The van der Waals surface area contributed by atoms with E-state index in [0.29, 0.717) is 19.8 Å². The van der Waals surface area contributed by atoms with Crippen LogP contribution in [0.1, 0.15) is 20.8 Å². The minimum Gasteiger partial charge on any atom is -0.444 e. The summed E-state index contributed by atoms with van der Waals surface area (Å²) in [5.41, 5.74) is -0.464. The molecule has 0 aromatic carbocycles. The number of carbonyl (C=O) groups is 1. The Morgan fingerprint density at radius 3 is 2.50 bits per heavy atom. The summed E-state index contributed by atoms with van der Waals surface area (Å²) < 4.78 is 10.3. The molecular formula is C12H26N2O4. The fraction of sp³-hybridized carbons (Fsp3) is 0.917. The molecule has 1 amide bonds. The first-order valence-electron chi connectivity index (χ1n) is 6.19. The van der Waals surface area contributed by atoms with Crippen LogP contribution in [0.4, 0.5) is 4.79 Å². The molecule has 6 nitrogen and oxygen atoms in total. The number of aliphatic hydroxyl groups excluding tert-OH is 1. The van der Waals surface area contributed by atoms with E-state index >= 15 is 0 Å². The van der Waals surface area contributed by atoms with Crippen LogP contribution < -0.4 is 5.32 Å². The van der Waals surface area contributed by atoms with Crippen LogP contribution in [-0.4, -0.2) is 68.2 Å². The van der Waals surface area contributed by atoms with Crippen LogP contribution in [0.3, 0.4) is 0 Å². The molecule has 0 bridgehead atoms. The summed E-state index contributed by atoms with van der Waals surface area (Å²) in [5.74, 6) is 0. The highest BCUT2D eigenvalue weighted by Crippen LogP contribution is 2.05. The minimum atomic E-state index is -0.464. The molecule has 0 fully saturated rings. The van der Waals surface area contributed by atoms with Gasteiger partial charge in [-0.3, -0.25) is 0 Å². The van der Waals surface area contributed by atoms with Crippen LogP contribution in [0.15, 0.2) is 0 Å². The Kier molecular flexibility index (Phi) is 8.70. The van der Waals surface area contributed by atoms with Crippen molar-refractivity contribution in [2.45, 2.75) is 26.4 Å². The van der Waals surface area contributed by atoms with Crippen molar-refractivity contribution in [3.63, 3.8) is 0 Å². The third-order valence-corrected chi connectivity index (χ3v) is 2.01. The van der Waals surface area contributed by atoms with Gasteiger partial charge in [-0.2, -0.15) is 0 Å². The van der Waals surface area contributed by atoms with Gasteiger partial charge in [-0.25, -0.2) is 4.79 Å². The van der Waals surface area contributed by atoms with Gasteiger partial charge in [0.1, 0.15) is 5.60 Å². The molecule has 0 rings (SSSR count). The minimum absolute atomic E-state index is 0.0455. The van der Waals surface area contributed by atoms with E-state index in [1.165, 1.54) is 0 Å². The monoisotopic (exact) mass is 262 g/mol. The Balaban J connectivity index is 3.50. The second kappa shape index (κ2) is 9.13. The quantitative estimate of drug-likeness (QED) is 0.622. The summed E-state index contributed by atoms with van der Waals surface area (Å²) >= 11 is 0. The van der Waals surface area contributed by atoms with Crippen molar-refractivity contribution >= 4 is 6.09 Å². The van der Waals surface area contributed by atoms with Gasteiger partial charge in [-0.05, 0) is 27.8 Å². The number of likely N-dealkylation sites (N-methyl/N-ethyl adjacent to an activating group) is 1. The maximum atomic E-state index is 11.3. The summed E-state index contributed by atoms with van der Waals surface area (Å²) in [6.45, 7) is 8.49. The molecule has 0 saturated heterocycles. The zero-order chi connectivity index (χ0) is 14.0. The molecule has 0 heterocycles. The average molecular weight is 262 g/mol. The number of hydrogen-bond acceptors (Lipinski definition) is 5. The summed E-state index contributed by atoms with van der Waals surface area (Å²) in [6, 6.07) is 0. The largest absolute Gasteiger partial charge is 0.444 e. The topological polar surface area (TPSA) is 71.0 Å². The zero-order valence-electron chi connectivity index (χ0n) is 11.9. The van der Waals surface area contributed by atoms with Crippen molar-refractivity contribution in [3.8, 4) is 0 Å². The molecule has 0 aliphatic carbocycles. The number of aliphatic hydroxyl groups is 1. The Hall–Kier alpha value is -0.850. The van der Waals surface area contributed by atoms with E-state index < -0.39 is 11.7 Å². The van der Waals surface area contributed by atoms with Crippen LogP contribution in [0.5, 0.6) is 0 Å². The lowest BCUT2D eigenvalue weighted by Crippen LogP contribution is -2.37. The molecule has 0 aliphatic heterocycles. The van der Waals surface area contributed by atoms with Crippen molar-refractivity contribution in [1.29, 1.82) is 0 Å². The molecule has 0 atom stereocenters. The zero-order valence-corrected chi connectivity index (χ0v) is 11.9. The number of ether oxygens (including phenoxy) is 2. The van der Waals surface area contributed by atoms with Crippen molar-refractivity contribution in [2.75, 3.05) is 46.5 Å². The van der Waals surface area contributed by atoms with Gasteiger partial charge in [0.15, 0.2) is 0 Å². The normalized spacial score (nSPS) is 11.7. The third kappa shape index (κ3) is 11.6. The van der Waals surface area contributed by atoms with Crippen molar-refractivity contribution in [2.24, 2.45) is 0 Å². The fourth-order valence-corrected chi connectivity index (χ4v) is 1.16. The lowest BCUT2D eigenvalue weighted by atomic mass is 10.2. The smallest absolute Gasteiger partial charge is 0.407 e. The number of alkyl carbamates (subject to hydrolysis) is 1. The lowest BCUT2D eigenvalue weighted by Gasteiger charge is -2.21. The summed E-state index contributed by atoms with van der Waals surface area (Å²) in [5, 5.41) is 11.2. The fourth-order valence-electron chi connectivity index (χ4n) is 1.16. The molecular weight excluding hydrogens is 236 g/mol. The van der Waals surface area contributed by atoms with E-state index in [-0.39, 0.29) is 6.61 Å². The maximum absolute atomic E-state index is 11.3. The molecule has 6 heteroatoms. The highest BCUT2D eigenvalue weighted by atomic mass is 16.6.